The molecule has 3 amide bonds. The largest absolute Gasteiger partial charge is 0.450 e. The van der Waals surface area contributed by atoms with Gasteiger partial charge in [-0.25, -0.2) is 9.59 Å². The number of hydrogen-bond donors (Lipinski definition) is 1. The fourth-order valence-electron chi connectivity index (χ4n) is 3.42. The van der Waals surface area contributed by atoms with Gasteiger partial charge in [0.2, 0.25) is 5.91 Å². The first-order valence-electron chi connectivity index (χ1n) is 10.5. The second kappa shape index (κ2) is 10.7. The Labute approximate surface area is 173 Å². The lowest BCUT2D eigenvalue weighted by molar-refractivity contribution is -0.141. The third-order valence-corrected chi connectivity index (χ3v) is 4.83. The predicted molar refractivity (Wildman–Crippen MR) is 106 cm³/mol. The highest BCUT2D eigenvalue weighted by atomic mass is 16.6. The number of unbranched alkanes of at least 4 members (excludes halogenated alkanes) is 1. The van der Waals surface area contributed by atoms with Crippen molar-refractivity contribution in [1.82, 2.24) is 15.1 Å². The van der Waals surface area contributed by atoms with Crippen LogP contribution < -0.4 is 5.32 Å². The summed E-state index contributed by atoms with van der Waals surface area (Å²) < 4.78 is 16.0. The molecule has 2 atom stereocenters. The minimum atomic E-state index is -0.639. The third kappa shape index (κ3) is 7.72. The molecule has 166 valence electrons. The molecule has 2 aliphatic rings. The van der Waals surface area contributed by atoms with Crippen LogP contribution in [0.2, 0.25) is 0 Å². The minimum Gasteiger partial charge on any atom is -0.450 e. The molecule has 0 spiro atoms. The van der Waals surface area contributed by atoms with E-state index in [2.05, 4.69) is 5.32 Å². The molecule has 29 heavy (non-hydrogen) atoms. The lowest BCUT2D eigenvalue weighted by Crippen LogP contribution is -2.57. The van der Waals surface area contributed by atoms with Crippen molar-refractivity contribution in [2.45, 2.75) is 58.6 Å². The number of nitrogens with zero attached hydrogens (tertiary/aromatic N) is 2. The molecule has 0 aromatic carbocycles. The number of ether oxygens (including phenoxy) is 3. The van der Waals surface area contributed by atoms with E-state index >= 15 is 0 Å². The highest BCUT2D eigenvalue weighted by Gasteiger charge is 2.38. The molecule has 2 aliphatic heterocycles. The molecule has 0 aliphatic carbocycles. The van der Waals surface area contributed by atoms with Gasteiger partial charge in [0.15, 0.2) is 0 Å². The van der Waals surface area contributed by atoms with Gasteiger partial charge in [0.25, 0.3) is 0 Å². The van der Waals surface area contributed by atoms with Crippen molar-refractivity contribution in [3.05, 3.63) is 0 Å². The maximum Gasteiger partial charge on any atom is 0.410 e. The minimum absolute atomic E-state index is 0.0206. The van der Waals surface area contributed by atoms with Crippen molar-refractivity contribution >= 4 is 18.1 Å². The summed E-state index contributed by atoms with van der Waals surface area (Å²) >= 11 is 0. The fourth-order valence-corrected chi connectivity index (χ4v) is 3.42. The molecular formula is C20H35N3O6. The number of hydrogen-bond acceptors (Lipinski definition) is 6. The van der Waals surface area contributed by atoms with Gasteiger partial charge in [-0.3, -0.25) is 4.79 Å². The molecule has 0 aromatic heterocycles. The molecule has 0 aromatic rings. The molecule has 0 saturated carbocycles. The van der Waals surface area contributed by atoms with E-state index < -0.39 is 23.7 Å². The van der Waals surface area contributed by atoms with Crippen LogP contribution >= 0.6 is 0 Å². The predicted octanol–water partition coefficient (Wildman–Crippen LogP) is 2.00. The molecule has 2 rings (SSSR count). The molecule has 2 saturated heterocycles. The van der Waals surface area contributed by atoms with E-state index in [0.717, 1.165) is 12.8 Å². The number of piperidine rings is 1. The van der Waals surface area contributed by atoms with Crippen LogP contribution in [0, 0.1) is 5.92 Å². The quantitative estimate of drug-likeness (QED) is 0.693. The van der Waals surface area contributed by atoms with Crippen LogP contribution in [0.5, 0.6) is 0 Å². The van der Waals surface area contributed by atoms with Gasteiger partial charge < -0.3 is 29.3 Å². The van der Waals surface area contributed by atoms with E-state index in [1.165, 1.54) is 4.90 Å². The van der Waals surface area contributed by atoms with Crippen LogP contribution in [0.25, 0.3) is 0 Å². The van der Waals surface area contributed by atoms with Gasteiger partial charge in [0.1, 0.15) is 5.60 Å². The monoisotopic (exact) mass is 413 g/mol. The summed E-state index contributed by atoms with van der Waals surface area (Å²) in [5.41, 5.74) is -0.639. The molecule has 0 bridgehead atoms. The Bertz CT molecular complexity index is 571. The van der Waals surface area contributed by atoms with Crippen molar-refractivity contribution in [2.24, 2.45) is 5.92 Å². The van der Waals surface area contributed by atoms with Crippen molar-refractivity contribution in [3.63, 3.8) is 0 Å². The Kier molecular flexibility index (Phi) is 8.55. The molecule has 9 heteroatoms. The number of carbonyl (C=O) groups excluding carboxylic acids is 3. The number of morpholine rings is 1. The Morgan fingerprint density at radius 2 is 1.79 bits per heavy atom. The summed E-state index contributed by atoms with van der Waals surface area (Å²) in [5, 5.41) is 2.81. The summed E-state index contributed by atoms with van der Waals surface area (Å²) in [6.07, 6.45) is 1.17. The Morgan fingerprint density at radius 1 is 1.10 bits per heavy atom. The fraction of sp³-hybridized carbons (Fsp3) is 0.850. The molecule has 9 nitrogen and oxygen atoms in total. The number of likely N-dealkylation sites (tertiary alicyclic amines) is 1. The van der Waals surface area contributed by atoms with Crippen LogP contribution in [-0.4, -0.2) is 85.5 Å². The average Bonchev–Trinajstić information content (AvgIpc) is 2.66. The van der Waals surface area contributed by atoms with Gasteiger partial charge in [-0.15, -0.1) is 0 Å². The molecule has 2 fully saturated rings. The zero-order chi connectivity index (χ0) is 21.4. The number of rotatable bonds is 5. The van der Waals surface area contributed by atoms with E-state index in [-0.39, 0.29) is 25.0 Å². The molecule has 1 N–H and O–H groups in total. The standard InChI is InChI=1S/C20H35N3O6/c1-5-6-9-28-18(25)21-16-12-15(17(24)22-7-10-27-11-8-22)13-23(14-16)19(26)29-20(2,3)4/h15-16H,5-14H2,1-4H3,(H,21,25)/t15-,16+/m0/s1. The van der Waals surface area contributed by atoms with Gasteiger partial charge >= 0.3 is 12.2 Å². The first-order valence-corrected chi connectivity index (χ1v) is 10.5. The van der Waals surface area contributed by atoms with Gasteiger partial charge in [0, 0.05) is 26.2 Å². The van der Waals surface area contributed by atoms with Gasteiger partial charge in [-0.2, -0.15) is 0 Å². The van der Waals surface area contributed by atoms with Gasteiger partial charge in [-0.05, 0) is 33.6 Å². The van der Waals surface area contributed by atoms with Crippen molar-refractivity contribution < 1.29 is 28.6 Å². The second-order valence-corrected chi connectivity index (χ2v) is 8.59. The summed E-state index contributed by atoms with van der Waals surface area (Å²) in [4.78, 5) is 41.0. The van der Waals surface area contributed by atoms with Gasteiger partial charge in [-0.1, -0.05) is 13.3 Å². The topological polar surface area (TPSA) is 97.4 Å². The summed E-state index contributed by atoms with van der Waals surface area (Å²) in [6, 6.07) is -0.375. The number of alkyl carbamates (subject to hydrolysis) is 1. The lowest BCUT2D eigenvalue weighted by atomic mass is 9.93. The van der Waals surface area contributed by atoms with Crippen molar-refractivity contribution in [1.29, 1.82) is 0 Å². The van der Waals surface area contributed by atoms with E-state index in [9.17, 15) is 14.4 Å². The van der Waals surface area contributed by atoms with E-state index in [0.29, 0.717) is 39.3 Å². The zero-order valence-corrected chi connectivity index (χ0v) is 18.1. The van der Waals surface area contributed by atoms with E-state index in [4.69, 9.17) is 14.2 Å². The normalized spacial score (nSPS) is 22.8. The number of nitrogens with one attached hydrogen (secondary N) is 1. The number of carbonyl (C=O) groups is 3. The number of amides is 3. The van der Waals surface area contributed by atoms with Crippen LogP contribution in [0.3, 0.4) is 0 Å². The van der Waals surface area contributed by atoms with E-state index in [1.54, 1.807) is 25.7 Å². The molecule has 2 heterocycles. The Morgan fingerprint density at radius 3 is 2.41 bits per heavy atom. The Hall–Kier alpha value is -2.03. The van der Waals surface area contributed by atoms with Crippen LogP contribution in [0.15, 0.2) is 0 Å². The second-order valence-electron chi connectivity index (χ2n) is 8.59. The summed E-state index contributed by atoms with van der Waals surface area (Å²) in [5.74, 6) is -0.428. The zero-order valence-electron chi connectivity index (χ0n) is 18.1. The van der Waals surface area contributed by atoms with E-state index in [1.807, 2.05) is 6.92 Å². The molecule has 0 unspecified atom stereocenters. The smallest absolute Gasteiger partial charge is 0.410 e. The highest BCUT2D eigenvalue weighted by Crippen LogP contribution is 2.22. The average molecular weight is 414 g/mol. The highest BCUT2D eigenvalue weighted by molar-refractivity contribution is 5.80. The first kappa shape index (κ1) is 23.3. The van der Waals surface area contributed by atoms with Crippen molar-refractivity contribution in [3.8, 4) is 0 Å². The lowest BCUT2D eigenvalue weighted by Gasteiger charge is -2.40. The van der Waals surface area contributed by atoms with Crippen LogP contribution in [-0.2, 0) is 19.0 Å². The Balaban J connectivity index is 2.04. The van der Waals surface area contributed by atoms with Gasteiger partial charge in [0.05, 0.1) is 31.8 Å². The molecule has 0 radical (unpaired) electrons. The van der Waals surface area contributed by atoms with Crippen molar-refractivity contribution in [2.75, 3.05) is 46.0 Å². The third-order valence-electron chi connectivity index (χ3n) is 4.83. The van der Waals surface area contributed by atoms with Crippen LogP contribution in [0.4, 0.5) is 9.59 Å². The van der Waals surface area contributed by atoms with Crippen LogP contribution in [0.1, 0.15) is 47.0 Å². The maximum atomic E-state index is 13.0. The molecular weight excluding hydrogens is 378 g/mol. The summed E-state index contributed by atoms with van der Waals surface area (Å²) in [6.45, 7) is 10.4. The SMILES string of the molecule is CCCCOC(=O)N[C@@H]1C[C@H](C(=O)N2CCOCC2)CN(C(=O)OC(C)(C)C)C1. The summed E-state index contributed by atoms with van der Waals surface area (Å²) in [7, 11) is 0. The maximum absolute atomic E-state index is 13.0. The first-order chi connectivity index (χ1) is 13.7.